The largest absolute Gasteiger partial charge is 0.463 e. The second-order valence-electron chi connectivity index (χ2n) is 6.31. The number of benzene rings is 1. The minimum atomic E-state index is -0.0986. The van der Waals surface area contributed by atoms with E-state index in [9.17, 15) is 4.79 Å². The number of nitrogens with zero attached hydrogens (tertiary/aromatic N) is 3. The van der Waals surface area contributed by atoms with Crippen LogP contribution in [0, 0.1) is 0 Å². The summed E-state index contributed by atoms with van der Waals surface area (Å²) in [6.07, 6.45) is 3.50. The van der Waals surface area contributed by atoms with Crippen LogP contribution in [0.1, 0.15) is 23.3 Å². The van der Waals surface area contributed by atoms with E-state index in [1.165, 1.54) is 0 Å². The van der Waals surface area contributed by atoms with Gasteiger partial charge in [-0.1, -0.05) is 11.6 Å². The molecule has 1 amide bonds. The van der Waals surface area contributed by atoms with E-state index in [0.717, 1.165) is 18.5 Å². The number of rotatable bonds is 4. The fraction of sp³-hybridized carbons (Fsp3) is 0.263. The molecule has 0 radical (unpaired) electrons. The molecule has 7 heteroatoms. The van der Waals surface area contributed by atoms with Crippen molar-refractivity contribution in [1.82, 2.24) is 14.7 Å². The third-order valence-electron chi connectivity index (χ3n) is 4.68. The molecule has 6 nitrogen and oxygen atoms in total. The molecule has 3 aromatic rings. The Hall–Kier alpha value is -2.57. The highest BCUT2D eigenvalue weighted by Crippen LogP contribution is 2.27. The fourth-order valence-electron chi connectivity index (χ4n) is 3.36. The minimum absolute atomic E-state index is 0.0789. The number of furan rings is 1. The molecule has 1 unspecified atom stereocenters. The van der Waals surface area contributed by atoms with Crippen molar-refractivity contribution >= 4 is 17.5 Å². The van der Waals surface area contributed by atoms with Gasteiger partial charge in [-0.05, 0) is 49.2 Å². The Balaban J connectivity index is 1.76. The normalized spacial score (nSPS) is 17.0. The van der Waals surface area contributed by atoms with E-state index < -0.39 is 0 Å². The minimum Gasteiger partial charge on any atom is -0.463 e. The summed E-state index contributed by atoms with van der Waals surface area (Å²) in [4.78, 5) is 14.8. The average molecular weight is 371 g/mol. The van der Waals surface area contributed by atoms with Crippen LogP contribution in [-0.2, 0) is 0 Å². The van der Waals surface area contributed by atoms with Crippen LogP contribution in [0.25, 0.3) is 17.1 Å². The second-order valence-corrected chi connectivity index (χ2v) is 6.75. The lowest BCUT2D eigenvalue weighted by atomic mass is 10.2. The van der Waals surface area contributed by atoms with Crippen molar-refractivity contribution in [1.29, 1.82) is 0 Å². The Morgan fingerprint density at radius 2 is 2.12 bits per heavy atom. The van der Waals surface area contributed by atoms with Gasteiger partial charge in [0, 0.05) is 30.2 Å². The molecule has 134 valence electrons. The van der Waals surface area contributed by atoms with Gasteiger partial charge < -0.3 is 15.1 Å². The maximum Gasteiger partial charge on any atom is 0.274 e. The molecule has 2 N–H and O–H groups in total. The van der Waals surface area contributed by atoms with Crippen LogP contribution in [0.15, 0.2) is 53.1 Å². The van der Waals surface area contributed by atoms with Crippen LogP contribution in [0.5, 0.6) is 0 Å². The van der Waals surface area contributed by atoms with E-state index >= 15 is 0 Å². The molecule has 1 fully saturated rings. The van der Waals surface area contributed by atoms with Gasteiger partial charge in [0.1, 0.15) is 5.69 Å². The van der Waals surface area contributed by atoms with Crippen molar-refractivity contribution < 1.29 is 9.21 Å². The lowest BCUT2D eigenvalue weighted by molar-refractivity contribution is 0.0734. The molecular formula is C19H19ClN4O2. The maximum absolute atomic E-state index is 13.0. The first-order valence-corrected chi connectivity index (χ1v) is 8.96. The Bertz CT molecular complexity index is 902. The van der Waals surface area contributed by atoms with Crippen molar-refractivity contribution in [3.05, 3.63) is 59.4 Å². The van der Waals surface area contributed by atoms with Gasteiger partial charge in [-0.2, -0.15) is 5.10 Å². The molecule has 4 rings (SSSR count). The Morgan fingerprint density at radius 3 is 2.81 bits per heavy atom. The first kappa shape index (κ1) is 16.9. The van der Waals surface area contributed by atoms with Crippen molar-refractivity contribution in [3.63, 3.8) is 0 Å². The number of halogens is 1. The van der Waals surface area contributed by atoms with Gasteiger partial charge in [-0.15, -0.1) is 0 Å². The summed E-state index contributed by atoms with van der Waals surface area (Å²) >= 11 is 5.99. The molecule has 0 aliphatic carbocycles. The molecule has 1 aliphatic heterocycles. The predicted molar refractivity (Wildman–Crippen MR) is 99.4 cm³/mol. The monoisotopic (exact) mass is 370 g/mol. The Labute approximate surface area is 156 Å². The number of hydrogen-bond acceptors (Lipinski definition) is 4. The van der Waals surface area contributed by atoms with Crippen LogP contribution in [0.4, 0.5) is 0 Å². The van der Waals surface area contributed by atoms with Gasteiger partial charge >= 0.3 is 0 Å². The van der Waals surface area contributed by atoms with Crippen molar-refractivity contribution in [2.24, 2.45) is 5.73 Å². The van der Waals surface area contributed by atoms with Gasteiger partial charge in [0.25, 0.3) is 5.91 Å². The van der Waals surface area contributed by atoms with Gasteiger partial charge in [0.05, 0.1) is 12.0 Å². The summed E-state index contributed by atoms with van der Waals surface area (Å²) < 4.78 is 7.24. The second kappa shape index (κ2) is 6.97. The number of hydrogen-bond donors (Lipinski definition) is 1. The summed E-state index contributed by atoms with van der Waals surface area (Å²) in [5, 5.41) is 5.20. The van der Waals surface area contributed by atoms with Gasteiger partial charge in [0.15, 0.2) is 11.5 Å². The zero-order valence-electron chi connectivity index (χ0n) is 14.1. The third kappa shape index (κ3) is 3.02. The Morgan fingerprint density at radius 1 is 1.31 bits per heavy atom. The van der Waals surface area contributed by atoms with Crippen molar-refractivity contribution in [2.75, 3.05) is 13.1 Å². The number of aromatic nitrogens is 2. The molecule has 0 saturated carbocycles. The summed E-state index contributed by atoms with van der Waals surface area (Å²) in [5.41, 5.74) is 7.71. The molecule has 3 heterocycles. The maximum atomic E-state index is 13.0. The first-order chi connectivity index (χ1) is 12.7. The molecule has 1 aliphatic rings. The average Bonchev–Trinajstić information content (AvgIpc) is 3.40. The third-order valence-corrected chi connectivity index (χ3v) is 4.94. The van der Waals surface area contributed by atoms with E-state index in [-0.39, 0.29) is 11.9 Å². The van der Waals surface area contributed by atoms with Crippen molar-refractivity contribution in [3.8, 4) is 17.1 Å². The van der Waals surface area contributed by atoms with E-state index in [1.54, 1.807) is 35.2 Å². The zero-order chi connectivity index (χ0) is 18.1. The molecule has 1 atom stereocenters. The van der Waals surface area contributed by atoms with Gasteiger partial charge in [-0.25, -0.2) is 4.68 Å². The summed E-state index contributed by atoms with van der Waals surface area (Å²) in [5.74, 6) is 0.543. The molecule has 26 heavy (non-hydrogen) atoms. The number of likely N-dealkylation sites (tertiary alicyclic amines) is 1. The Kier molecular flexibility index (Phi) is 4.53. The topological polar surface area (TPSA) is 77.3 Å². The molecule has 0 bridgehead atoms. The lowest BCUT2D eigenvalue weighted by Gasteiger charge is -2.22. The number of amides is 1. The van der Waals surface area contributed by atoms with Gasteiger partial charge in [-0.3, -0.25) is 4.79 Å². The van der Waals surface area contributed by atoms with Crippen LogP contribution < -0.4 is 5.73 Å². The SMILES string of the molecule is NCC1CCCN1C(=O)c1cc(-c2ccco2)n(-c2ccc(Cl)cc2)n1. The van der Waals surface area contributed by atoms with Gasteiger partial charge in [0.2, 0.25) is 0 Å². The molecular weight excluding hydrogens is 352 g/mol. The fourth-order valence-corrected chi connectivity index (χ4v) is 3.49. The quantitative estimate of drug-likeness (QED) is 0.764. The van der Waals surface area contributed by atoms with E-state index in [4.69, 9.17) is 21.8 Å². The van der Waals surface area contributed by atoms with E-state index in [0.29, 0.717) is 35.3 Å². The van der Waals surface area contributed by atoms with Crippen LogP contribution in [0.2, 0.25) is 5.02 Å². The molecule has 0 spiro atoms. The summed E-state index contributed by atoms with van der Waals surface area (Å²) in [6, 6.07) is 12.8. The van der Waals surface area contributed by atoms with E-state index in [1.807, 2.05) is 23.1 Å². The molecule has 2 aromatic heterocycles. The summed E-state index contributed by atoms with van der Waals surface area (Å²) in [7, 11) is 0. The highest BCUT2D eigenvalue weighted by molar-refractivity contribution is 6.30. The first-order valence-electron chi connectivity index (χ1n) is 8.58. The number of nitrogens with two attached hydrogens (primary N) is 1. The zero-order valence-corrected chi connectivity index (χ0v) is 14.9. The molecule has 1 saturated heterocycles. The lowest BCUT2D eigenvalue weighted by Crippen LogP contribution is -2.40. The number of carbonyl (C=O) groups is 1. The smallest absolute Gasteiger partial charge is 0.274 e. The van der Waals surface area contributed by atoms with Crippen LogP contribution in [-0.4, -0.2) is 39.7 Å². The van der Waals surface area contributed by atoms with E-state index in [2.05, 4.69) is 5.10 Å². The van der Waals surface area contributed by atoms with Crippen molar-refractivity contribution in [2.45, 2.75) is 18.9 Å². The predicted octanol–water partition coefficient (Wildman–Crippen LogP) is 3.35. The standard InChI is InChI=1S/C19H19ClN4O2/c20-13-5-7-14(8-6-13)24-17(18-4-2-10-26-18)11-16(22-24)19(25)23-9-1-3-15(23)12-21/h2,4-8,10-11,15H,1,3,9,12,21H2. The summed E-state index contributed by atoms with van der Waals surface area (Å²) in [6.45, 7) is 1.18. The highest BCUT2D eigenvalue weighted by Gasteiger charge is 2.30. The highest BCUT2D eigenvalue weighted by atomic mass is 35.5. The number of carbonyl (C=O) groups excluding carboxylic acids is 1. The van der Waals surface area contributed by atoms with Crippen LogP contribution >= 0.6 is 11.6 Å². The van der Waals surface area contributed by atoms with Crippen LogP contribution in [0.3, 0.4) is 0 Å². The molecule has 1 aromatic carbocycles.